The zero-order valence-corrected chi connectivity index (χ0v) is 8.06. The summed E-state index contributed by atoms with van der Waals surface area (Å²) in [5.41, 5.74) is -0.740. The third-order valence-corrected chi connectivity index (χ3v) is 3.23. The number of aliphatic hydroxyl groups is 2. The van der Waals surface area contributed by atoms with Crippen LogP contribution in [0.3, 0.4) is 0 Å². The number of rotatable bonds is 0. The van der Waals surface area contributed by atoms with Crippen molar-refractivity contribution < 1.29 is 19.7 Å². The lowest BCUT2D eigenvalue weighted by molar-refractivity contribution is -0.152. The Kier molecular flexibility index (Phi) is 1.94. The molecule has 78 valence electrons. The smallest absolute Gasteiger partial charge is 0.334 e. The van der Waals surface area contributed by atoms with Gasteiger partial charge in [0.2, 0.25) is 0 Å². The normalized spacial score (nSPS) is 47.5. The van der Waals surface area contributed by atoms with Crippen LogP contribution in [0, 0.1) is 5.92 Å². The fourth-order valence-electron chi connectivity index (χ4n) is 2.19. The summed E-state index contributed by atoms with van der Waals surface area (Å²) in [5, 5.41) is 19.4. The molecule has 2 rings (SSSR count). The summed E-state index contributed by atoms with van der Waals surface area (Å²) in [6, 6.07) is 0. The predicted molar refractivity (Wildman–Crippen MR) is 48.4 cm³/mol. The van der Waals surface area contributed by atoms with E-state index in [0.717, 1.165) is 0 Å². The molecule has 0 aromatic rings. The second kappa shape index (κ2) is 2.81. The molecular formula is C10H14O4. The Labute approximate surface area is 82.2 Å². The van der Waals surface area contributed by atoms with E-state index in [-0.39, 0.29) is 18.4 Å². The molecule has 4 atom stereocenters. The van der Waals surface area contributed by atoms with Crippen molar-refractivity contribution in [1.29, 1.82) is 0 Å². The summed E-state index contributed by atoms with van der Waals surface area (Å²) in [6.45, 7) is 5.19. The first-order chi connectivity index (χ1) is 6.42. The average Bonchev–Trinajstić information content (AvgIpc) is 2.31. The van der Waals surface area contributed by atoms with E-state index in [1.165, 1.54) is 0 Å². The largest absolute Gasteiger partial charge is 0.458 e. The van der Waals surface area contributed by atoms with Crippen LogP contribution in [0.15, 0.2) is 12.2 Å². The highest BCUT2D eigenvalue weighted by Gasteiger charge is 2.50. The number of hydrogen-bond donors (Lipinski definition) is 2. The molecule has 4 heteroatoms. The van der Waals surface area contributed by atoms with Gasteiger partial charge in [0.25, 0.3) is 0 Å². The molecule has 0 amide bonds. The predicted octanol–water partition coefficient (Wildman–Crippen LogP) is -0.0101. The summed E-state index contributed by atoms with van der Waals surface area (Å²) < 4.78 is 5.05. The van der Waals surface area contributed by atoms with Crippen LogP contribution in [0.1, 0.15) is 19.8 Å². The Balaban J connectivity index is 2.22. The van der Waals surface area contributed by atoms with Gasteiger partial charge in [-0.3, -0.25) is 0 Å². The molecule has 0 aromatic carbocycles. The van der Waals surface area contributed by atoms with E-state index in [1.807, 2.05) is 0 Å². The fourth-order valence-corrected chi connectivity index (χ4v) is 2.19. The number of ether oxygens (including phenoxy) is 1. The fraction of sp³-hybridized carbons (Fsp3) is 0.700. The van der Waals surface area contributed by atoms with Gasteiger partial charge in [-0.25, -0.2) is 4.79 Å². The van der Waals surface area contributed by atoms with Crippen LogP contribution < -0.4 is 0 Å². The van der Waals surface area contributed by atoms with Crippen molar-refractivity contribution in [1.82, 2.24) is 0 Å². The van der Waals surface area contributed by atoms with E-state index in [4.69, 9.17) is 4.74 Å². The third-order valence-electron chi connectivity index (χ3n) is 3.23. The minimum atomic E-state index is -1.16. The summed E-state index contributed by atoms with van der Waals surface area (Å²) in [6.07, 6.45) is -0.491. The number of carbonyl (C=O) groups is 1. The number of fused-ring (bicyclic) bond motifs is 1. The maximum absolute atomic E-state index is 11.2. The van der Waals surface area contributed by atoms with E-state index in [2.05, 4.69) is 6.58 Å². The van der Waals surface area contributed by atoms with Gasteiger partial charge >= 0.3 is 5.97 Å². The summed E-state index contributed by atoms with van der Waals surface area (Å²) in [5.74, 6) is -0.525. The van der Waals surface area contributed by atoms with Crippen molar-refractivity contribution in [3.63, 3.8) is 0 Å². The van der Waals surface area contributed by atoms with Crippen LogP contribution in [-0.2, 0) is 9.53 Å². The van der Waals surface area contributed by atoms with Crippen molar-refractivity contribution >= 4 is 5.97 Å². The Morgan fingerprint density at radius 1 is 1.64 bits per heavy atom. The summed E-state index contributed by atoms with van der Waals surface area (Å²) >= 11 is 0. The van der Waals surface area contributed by atoms with E-state index >= 15 is 0 Å². The Bertz CT molecular complexity index is 294. The molecule has 0 bridgehead atoms. The number of esters is 1. The van der Waals surface area contributed by atoms with Crippen LogP contribution in [0.2, 0.25) is 0 Å². The molecule has 0 spiro atoms. The van der Waals surface area contributed by atoms with Crippen LogP contribution in [0.4, 0.5) is 0 Å². The highest BCUT2D eigenvalue weighted by atomic mass is 16.6. The average molecular weight is 198 g/mol. The lowest BCUT2D eigenvalue weighted by atomic mass is 9.74. The van der Waals surface area contributed by atoms with Gasteiger partial charge in [-0.1, -0.05) is 6.58 Å². The van der Waals surface area contributed by atoms with Gasteiger partial charge in [0, 0.05) is 17.9 Å². The molecule has 14 heavy (non-hydrogen) atoms. The molecule has 0 unspecified atom stereocenters. The minimum Gasteiger partial charge on any atom is -0.458 e. The molecule has 1 heterocycles. The molecule has 0 radical (unpaired) electrons. The summed E-state index contributed by atoms with van der Waals surface area (Å²) in [7, 11) is 0. The minimum absolute atomic E-state index is 0.127. The molecule has 2 N–H and O–H groups in total. The summed E-state index contributed by atoms with van der Waals surface area (Å²) in [4.78, 5) is 11.2. The Hall–Kier alpha value is -0.870. The van der Waals surface area contributed by atoms with Gasteiger partial charge in [-0.15, -0.1) is 0 Å². The molecule has 1 saturated carbocycles. The first-order valence-electron chi connectivity index (χ1n) is 4.72. The highest BCUT2D eigenvalue weighted by Crippen LogP contribution is 2.41. The first-order valence-corrected chi connectivity index (χ1v) is 4.72. The zero-order valence-electron chi connectivity index (χ0n) is 8.06. The van der Waals surface area contributed by atoms with Crippen LogP contribution >= 0.6 is 0 Å². The molecule has 2 fully saturated rings. The van der Waals surface area contributed by atoms with E-state index in [9.17, 15) is 15.0 Å². The molecule has 4 nitrogen and oxygen atoms in total. The molecular weight excluding hydrogens is 184 g/mol. The maximum atomic E-state index is 11.2. The van der Waals surface area contributed by atoms with E-state index in [1.54, 1.807) is 6.92 Å². The van der Waals surface area contributed by atoms with Gasteiger partial charge in [0.1, 0.15) is 6.10 Å². The molecule has 1 aliphatic heterocycles. The molecule has 1 saturated heterocycles. The van der Waals surface area contributed by atoms with Gasteiger partial charge in [-0.05, 0) is 13.3 Å². The number of hydrogen-bond acceptors (Lipinski definition) is 4. The van der Waals surface area contributed by atoms with Gasteiger partial charge in [0.15, 0.2) is 0 Å². The van der Waals surface area contributed by atoms with E-state index in [0.29, 0.717) is 12.0 Å². The number of carbonyl (C=O) groups excluding carboxylic acids is 1. The van der Waals surface area contributed by atoms with Gasteiger partial charge < -0.3 is 14.9 Å². The third kappa shape index (κ3) is 1.26. The Morgan fingerprint density at radius 2 is 2.29 bits per heavy atom. The van der Waals surface area contributed by atoms with Gasteiger partial charge in [-0.2, -0.15) is 0 Å². The SMILES string of the molecule is C=C1C(=O)O[C@H]2C[C@@](C)(O)[C@@H](O)C[C@@H]12. The zero-order chi connectivity index (χ0) is 10.5. The van der Waals surface area contributed by atoms with Gasteiger partial charge in [0.05, 0.1) is 11.7 Å². The van der Waals surface area contributed by atoms with Crippen LogP contribution in [0.5, 0.6) is 0 Å². The van der Waals surface area contributed by atoms with Crippen molar-refractivity contribution in [3.8, 4) is 0 Å². The van der Waals surface area contributed by atoms with Crippen LogP contribution in [-0.4, -0.2) is 34.0 Å². The Morgan fingerprint density at radius 3 is 2.93 bits per heavy atom. The second-order valence-corrected chi connectivity index (χ2v) is 4.39. The monoisotopic (exact) mass is 198 g/mol. The highest BCUT2D eigenvalue weighted by molar-refractivity contribution is 5.90. The number of aliphatic hydroxyl groups excluding tert-OH is 1. The maximum Gasteiger partial charge on any atom is 0.334 e. The standard InChI is InChI=1S/C10H14O4/c1-5-6-3-8(11)10(2,13)4-7(6)14-9(5)12/h6-8,11,13H,1,3-4H2,2H3/t6-,7-,8-,10+/m0/s1. The molecule has 1 aliphatic carbocycles. The lowest BCUT2D eigenvalue weighted by Gasteiger charge is -2.38. The van der Waals surface area contributed by atoms with Crippen molar-refractivity contribution in [3.05, 3.63) is 12.2 Å². The molecule has 0 aromatic heterocycles. The second-order valence-electron chi connectivity index (χ2n) is 4.39. The topological polar surface area (TPSA) is 66.8 Å². The van der Waals surface area contributed by atoms with Crippen molar-refractivity contribution in [2.75, 3.05) is 0 Å². The quantitative estimate of drug-likeness (QED) is 0.424. The van der Waals surface area contributed by atoms with Crippen molar-refractivity contribution in [2.24, 2.45) is 5.92 Å². The van der Waals surface area contributed by atoms with Crippen molar-refractivity contribution in [2.45, 2.75) is 37.6 Å². The van der Waals surface area contributed by atoms with Crippen LogP contribution in [0.25, 0.3) is 0 Å². The lowest BCUT2D eigenvalue weighted by Crippen LogP contribution is -2.49. The molecule has 2 aliphatic rings. The first kappa shape index (κ1) is 9.68. The van der Waals surface area contributed by atoms with E-state index < -0.39 is 17.7 Å².